The van der Waals surface area contributed by atoms with E-state index in [1.807, 2.05) is 36.9 Å². The minimum Gasteiger partial charge on any atom is -0.495 e. The second-order valence-corrected chi connectivity index (χ2v) is 9.63. The smallest absolute Gasteiger partial charge is 0.234 e. The molecule has 1 aromatic carbocycles. The van der Waals surface area contributed by atoms with Crippen LogP contribution in [0.1, 0.15) is 5.56 Å². The van der Waals surface area contributed by atoms with Gasteiger partial charge in [0.15, 0.2) is 10.8 Å². The fraction of sp³-hybridized carbons (Fsp3) is 0.368. The number of fused-ring (bicyclic) bond motifs is 1. The van der Waals surface area contributed by atoms with Crippen LogP contribution in [-0.2, 0) is 4.79 Å². The summed E-state index contributed by atoms with van der Waals surface area (Å²) >= 11 is 4.97. The van der Waals surface area contributed by atoms with Gasteiger partial charge in [0.2, 0.25) is 5.91 Å². The predicted molar refractivity (Wildman–Crippen MR) is 122 cm³/mol. The largest absolute Gasteiger partial charge is 0.495 e. The summed E-state index contributed by atoms with van der Waals surface area (Å²) in [5.41, 5.74) is 2.43. The number of thiazole rings is 1. The van der Waals surface area contributed by atoms with Crippen molar-refractivity contribution in [1.29, 1.82) is 0 Å². The molecule has 29 heavy (non-hydrogen) atoms. The lowest BCUT2D eigenvalue weighted by Gasteiger charge is -2.25. The Kier molecular flexibility index (Phi) is 6.41. The van der Waals surface area contributed by atoms with Crippen molar-refractivity contribution in [2.75, 3.05) is 47.7 Å². The first-order chi connectivity index (χ1) is 14.1. The van der Waals surface area contributed by atoms with Crippen LogP contribution in [-0.4, -0.2) is 58.3 Å². The van der Waals surface area contributed by atoms with Crippen molar-refractivity contribution in [3.05, 3.63) is 30.1 Å². The van der Waals surface area contributed by atoms with Crippen molar-refractivity contribution in [2.24, 2.45) is 0 Å². The van der Waals surface area contributed by atoms with Crippen molar-refractivity contribution in [1.82, 2.24) is 15.0 Å². The van der Waals surface area contributed by atoms with Gasteiger partial charge in [0.05, 0.1) is 18.6 Å². The minimum atomic E-state index is -0.108. The third kappa shape index (κ3) is 4.76. The Morgan fingerprint density at radius 2 is 2.14 bits per heavy atom. The number of ether oxygens (including phenoxy) is 1. The summed E-state index contributed by atoms with van der Waals surface area (Å²) in [4.78, 5) is 28.2. The summed E-state index contributed by atoms with van der Waals surface area (Å²) in [6, 6.07) is 5.70. The zero-order valence-corrected chi connectivity index (χ0v) is 18.6. The summed E-state index contributed by atoms with van der Waals surface area (Å²) in [5.74, 6) is 3.02. The van der Waals surface area contributed by atoms with Crippen LogP contribution in [0.25, 0.3) is 10.3 Å². The highest BCUT2D eigenvalue weighted by Gasteiger charge is 2.18. The quantitative estimate of drug-likeness (QED) is 0.453. The molecule has 10 heteroatoms. The summed E-state index contributed by atoms with van der Waals surface area (Å²) < 4.78 is 6.26. The van der Waals surface area contributed by atoms with Gasteiger partial charge in [-0.1, -0.05) is 29.2 Å². The van der Waals surface area contributed by atoms with Crippen molar-refractivity contribution in [3.8, 4) is 5.75 Å². The van der Waals surface area contributed by atoms with Crippen molar-refractivity contribution in [2.45, 2.75) is 11.9 Å². The van der Waals surface area contributed by atoms with Gasteiger partial charge in [-0.2, -0.15) is 16.7 Å². The maximum atomic E-state index is 12.5. The first-order valence-electron chi connectivity index (χ1n) is 9.15. The summed E-state index contributed by atoms with van der Waals surface area (Å²) in [5, 5.41) is 4.70. The van der Waals surface area contributed by atoms with E-state index in [-0.39, 0.29) is 11.7 Å². The highest BCUT2D eigenvalue weighted by Crippen LogP contribution is 2.34. The molecule has 2 aromatic heterocycles. The van der Waals surface area contributed by atoms with Gasteiger partial charge in [0, 0.05) is 24.6 Å². The highest BCUT2D eigenvalue weighted by atomic mass is 32.2. The molecule has 1 fully saturated rings. The molecule has 1 saturated heterocycles. The van der Waals surface area contributed by atoms with Gasteiger partial charge < -0.3 is 15.0 Å². The van der Waals surface area contributed by atoms with Crippen LogP contribution in [0.2, 0.25) is 0 Å². The van der Waals surface area contributed by atoms with E-state index in [1.54, 1.807) is 18.4 Å². The van der Waals surface area contributed by atoms with Crippen molar-refractivity contribution >= 4 is 61.9 Å². The van der Waals surface area contributed by atoms with Gasteiger partial charge in [0.1, 0.15) is 21.8 Å². The molecule has 4 rings (SSSR count). The first-order valence-corrected chi connectivity index (χ1v) is 12.1. The Balaban J connectivity index is 1.46. The Morgan fingerprint density at radius 3 is 2.93 bits per heavy atom. The predicted octanol–water partition coefficient (Wildman–Crippen LogP) is 3.69. The third-order valence-electron chi connectivity index (χ3n) is 4.40. The number of rotatable bonds is 6. The van der Waals surface area contributed by atoms with Crippen LogP contribution in [0.5, 0.6) is 5.75 Å². The van der Waals surface area contributed by atoms with E-state index in [0.717, 1.165) is 45.0 Å². The van der Waals surface area contributed by atoms with E-state index in [9.17, 15) is 4.79 Å². The zero-order chi connectivity index (χ0) is 20.2. The number of hydrogen-bond donors (Lipinski definition) is 1. The molecule has 0 atom stereocenters. The Hall–Kier alpha value is -2.04. The number of thioether (sulfide) groups is 2. The molecule has 0 unspecified atom stereocenters. The average Bonchev–Trinajstić information content (AvgIpc) is 3.18. The molecular weight excluding hydrogens is 426 g/mol. The molecule has 1 amide bonds. The molecule has 1 aliphatic rings. The van der Waals surface area contributed by atoms with E-state index in [0.29, 0.717) is 17.1 Å². The Labute approximate surface area is 181 Å². The number of carbonyl (C=O) groups excluding carboxylic acids is 1. The molecule has 0 saturated carbocycles. The average molecular weight is 448 g/mol. The normalized spacial score (nSPS) is 14.2. The number of hydrogen-bond acceptors (Lipinski definition) is 9. The number of aromatic nitrogens is 3. The van der Waals surface area contributed by atoms with Gasteiger partial charge >= 0.3 is 0 Å². The monoisotopic (exact) mass is 447 g/mol. The zero-order valence-electron chi connectivity index (χ0n) is 16.2. The Bertz CT molecular complexity index is 1020. The van der Waals surface area contributed by atoms with Crippen molar-refractivity contribution < 1.29 is 9.53 Å². The topological polar surface area (TPSA) is 80.2 Å². The molecule has 1 N–H and O–H groups in total. The molecule has 0 aliphatic carbocycles. The number of aryl methyl sites for hydroxylation is 1. The number of benzene rings is 1. The lowest BCUT2D eigenvalue weighted by molar-refractivity contribution is -0.113. The lowest BCUT2D eigenvalue weighted by Crippen LogP contribution is -2.32. The van der Waals surface area contributed by atoms with E-state index in [1.165, 1.54) is 18.1 Å². The van der Waals surface area contributed by atoms with E-state index < -0.39 is 0 Å². The van der Waals surface area contributed by atoms with Gasteiger partial charge in [-0.3, -0.25) is 4.79 Å². The van der Waals surface area contributed by atoms with Crippen LogP contribution in [0, 0.1) is 6.92 Å². The SMILES string of the molecule is COc1ccc(C)cc1NC(=O)CSc1ncnc2nc(N3CCSCC3)sc12. The van der Waals surface area contributed by atoms with Gasteiger partial charge in [-0.15, -0.1) is 0 Å². The van der Waals surface area contributed by atoms with E-state index >= 15 is 0 Å². The third-order valence-corrected chi connectivity index (χ3v) is 7.57. The van der Waals surface area contributed by atoms with Crippen LogP contribution in [0.4, 0.5) is 10.8 Å². The van der Waals surface area contributed by atoms with Crippen LogP contribution < -0.4 is 15.0 Å². The standard InChI is InChI=1S/C19H21N5O2S3/c1-12-3-4-14(26-2)13(9-12)22-15(25)10-28-18-16-17(20-11-21-18)23-19(29-16)24-5-7-27-8-6-24/h3-4,9,11H,5-8,10H2,1-2H3,(H,22,25). The maximum absolute atomic E-state index is 12.5. The van der Waals surface area contributed by atoms with Crippen LogP contribution in [0.15, 0.2) is 29.6 Å². The highest BCUT2D eigenvalue weighted by molar-refractivity contribution is 8.00. The van der Waals surface area contributed by atoms with Gasteiger partial charge in [-0.05, 0) is 24.6 Å². The maximum Gasteiger partial charge on any atom is 0.234 e. The number of nitrogens with one attached hydrogen (secondary N) is 1. The fourth-order valence-electron chi connectivity index (χ4n) is 2.95. The number of nitrogens with zero attached hydrogens (tertiary/aromatic N) is 4. The second kappa shape index (κ2) is 9.19. The molecule has 152 valence electrons. The molecule has 0 radical (unpaired) electrons. The summed E-state index contributed by atoms with van der Waals surface area (Å²) in [6.07, 6.45) is 1.52. The van der Waals surface area contributed by atoms with Crippen LogP contribution in [0.3, 0.4) is 0 Å². The molecule has 7 nitrogen and oxygen atoms in total. The summed E-state index contributed by atoms with van der Waals surface area (Å²) in [7, 11) is 1.59. The molecule has 3 heterocycles. The minimum absolute atomic E-state index is 0.108. The molecule has 3 aromatic rings. The molecule has 1 aliphatic heterocycles. The molecule has 0 spiro atoms. The van der Waals surface area contributed by atoms with Crippen LogP contribution >= 0.6 is 34.9 Å². The Morgan fingerprint density at radius 1 is 1.31 bits per heavy atom. The fourth-order valence-corrected chi connectivity index (χ4v) is 5.80. The number of carbonyl (C=O) groups is 1. The summed E-state index contributed by atoms with van der Waals surface area (Å²) in [6.45, 7) is 3.98. The number of amides is 1. The first kappa shape index (κ1) is 20.2. The number of methoxy groups -OCH3 is 1. The van der Waals surface area contributed by atoms with Gasteiger partial charge in [-0.25, -0.2) is 9.97 Å². The lowest BCUT2D eigenvalue weighted by atomic mass is 10.2. The van der Waals surface area contributed by atoms with E-state index in [2.05, 4.69) is 25.2 Å². The van der Waals surface area contributed by atoms with E-state index in [4.69, 9.17) is 4.74 Å². The second-order valence-electron chi connectivity index (χ2n) is 6.47. The van der Waals surface area contributed by atoms with Gasteiger partial charge in [0.25, 0.3) is 0 Å². The molecule has 0 bridgehead atoms. The number of anilines is 2. The molecular formula is C19H21N5O2S3. The van der Waals surface area contributed by atoms with Crippen molar-refractivity contribution in [3.63, 3.8) is 0 Å².